The number of amides is 1. The van der Waals surface area contributed by atoms with Crippen molar-refractivity contribution >= 4 is 15.7 Å². The molecule has 1 heterocycles. The maximum absolute atomic E-state index is 13.5. The first-order valence-electron chi connectivity index (χ1n) is 11.2. The van der Waals surface area contributed by atoms with Crippen molar-refractivity contribution in [2.75, 3.05) is 25.1 Å². The molecule has 2 fully saturated rings. The number of hydrogen-bond acceptors (Lipinski definition) is 4. The Morgan fingerprint density at radius 1 is 1.00 bits per heavy atom. The van der Waals surface area contributed by atoms with Crippen LogP contribution < -0.4 is 0 Å². The number of hydrogen-bond donors (Lipinski definition) is 0. The molecule has 0 N–H and O–H groups in total. The third kappa shape index (κ3) is 4.69. The molecule has 1 saturated carbocycles. The summed E-state index contributed by atoms with van der Waals surface area (Å²) < 4.78 is 24.2. The number of carbonyl (C=O) groups is 1. The number of likely N-dealkylation sites (N-methyl/N-ethyl adjacent to an activating group) is 1. The molecule has 6 heteroatoms. The monoisotopic (exact) mass is 418 g/mol. The molecule has 1 aliphatic heterocycles. The number of aryl methyl sites for hydroxylation is 1. The number of rotatable bonds is 5. The largest absolute Gasteiger partial charge is 0.335 e. The van der Waals surface area contributed by atoms with Crippen LogP contribution in [0.25, 0.3) is 0 Å². The van der Waals surface area contributed by atoms with E-state index >= 15 is 0 Å². The highest BCUT2D eigenvalue weighted by Gasteiger charge is 2.39. The van der Waals surface area contributed by atoms with Gasteiger partial charge in [-0.3, -0.25) is 9.69 Å². The lowest BCUT2D eigenvalue weighted by molar-refractivity contribution is -0.138. The number of benzene rings is 1. The van der Waals surface area contributed by atoms with E-state index in [1.807, 2.05) is 4.90 Å². The second kappa shape index (κ2) is 8.76. The van der Waals surface area contributed by atoms with Crippen LogP contribution in [0.15, 0.2) is 24.3 Å². The van der Waals surface area contributed by atoms with Crippen LogP contribution in [-0.4, -0.2) is 61.3 Å². The summed E-state index contributed by atoms with van der Waals surface area (Å²) in [6, 6.07) is 8.92. The Hall–Kier alpha value is -1.40. The molecule has 160 valence electrons. The fraction of sp³-hybridized carbons (Fsp3) is 0.696. The van der Waals surface area contributed by atoms with Crippen molar-refractivity contribution < 1.29 is 13.2 Å². The van der Waals surface area contributed by atoms with Gasteiger partial charge in [0, 0.05) is 18.1 Å². The van der Waals surface area contributed by atoms with Gasteiger partial charge in [0.05, 0.1) is 18.1 Å². The van der Waals surface area contributed by atoms with Crippen molar-refractivity contribution in [3.8, 4) is 0 Å². The normalized spacial score (nSPS) is 27.0. The third-order valence-electron chi connectivity index (χ3n) is 7.11. The second-order valence-corrected chi connectivity index (χ2v) is 11.4. The molecule has 1 saturated heterocycles. The van der Waals surface area contributed by atoms with Gasteiger partial charge in [0.1, 0.15) is 0 Å². The van der Waals surface area contributed by atoms with Crippen molar-refractivity contribution in [3.05, 3.63) is 35.4 Å². The molecule has 0 radical (unpaired) electrons. The molecule has 2 atom stereocenters. The Kier molecular flexibility index (Phi) is 6.30. The smallest absolute Gasteiger partial charge is 0.237 e. The third-order valence-corrected chi connectivity index (χ3v) is 8.86. The standard InChI is InChI=1S/C23H34N2O3S/c1-24(22-13-7-9-18-8-5-6-12-21(18)22)16-23(26)25(19-10-3-2-4-11-19)20-14-15-29(27,28)17-20/h5-6,8,12,19-20,22H,2-4,7,9-11,13-17H2,1H3/t20-,22+/m0/s1. The summed E-state index contributed by atoms with van der Waals surface area (Å²) in [4.78, 5) is 17.7. The van der Waals surface area contributed by atoms with Gasteiger partial charge in [-0.05, 0) is 56.7 Å². The fourth-order valence-electron chi connectivity index (χ4n) is 5.65. The van der Waals surface area contributed by atoms with Gasteiger partial charge in [0.25, 0.3) is 0 Å². The van der Waals surface area contributed by atoms with Crippen LogP contribution in [0.1, 0.15) is 68.5 Å². The minimum atomic E-state index is -3.01. The number of nitrogens with zero attached hydrogens (tertiary/aromatic N) is 2. The minimum Gasteiger partial charge on any atom is -0.335 e. The maximum atomic E-state index is 13.5. The Labute approximate surface area is 175 Å². The lowest BCUT2D eigenvalue weighted by Gasteiger charge is -2.40. The van der Waals surface area contributed by atoms with Crippen LogP contribution in [-0.2, 0) is 21.1 Å². The van der Waals surface area contributed by atoms with Crippen LogP contribution >= 0.6 is 0 Å². The Morgan fingerprint density at radius 2 is 1.76 bits per heavy atom. The summed E-state index contributed by atoms with van der Waals surface area (Å²) in [6.07, 6.45) is 9.45. The van der Waals surface area contributed by atoms with Crippen LogP contribution in [0.3, 0.4) is 0 Å². The predicted octanol–water partition coefficient (Wildman–Crippen LogP) is 3.34. The van der Waals surface area contributed by atoms with Gasteiger partial charge in [-0.15, -0.1) is 0 Å². The van der Waals surface area contributed by atoms with E-state index in [2.05, 4.69) is 36.2 Å². The van der Waals surface area contributed by atoms with Crippen molar-refractivity contribution in [1.82, 2.24) is 9.80 Å². The van der Waals surface area contributed by atoms with Gasteiger partial charge in [-0.25, -0.2) is 8.42 Å². The first-order valence-corrected chi connectivity index (χ1v) is 13.1. The highest BCUT2D eigenvalue weighted by Crippen LogP contribution is 2.34. The molecule has 0 unspecified atom stereocenters. The van der Waals surface area contributed by atoms with Crippen LogP contribution in [0.4, 0.5) is 0 Å². The highest BCUT2D eigenvalue weighted by atomic mass is 32.2. The first-order chi connectivity index (χ1) is 13.9. The van der Waals surface area contributed by atoms with E-state index in [-0.39, 0.29) is 35.5 Å². The Balaban J connectivity index is 1.50. The summed E-state index contributed by atoms with van der Waals surface area (Å²) in [5.41, 5.74) is 2.75. The molecule has 2 aliphatic carbocycles. The first kappa shape index (κ1) is 20.9. The van der Waals surface area contributed by atoms with Crippen molar-refractivity contribution in [2.24, 2.45) is 0 Å². The van der Waals surface area contributed by atoms with Crippen molar-refractivity contribution in [1.29, 1.82) is 0 Å². The molecule has 4 rings (SSSR count). The molecule has 1 amide bonds. The molecule has 0 spiro atoms. The van der Waals surface area contributed by atoms with Crippen LogP contribution in [0, 0.1) is 0 Å². The van der Waals surface area contributed by atoms with Gasteiger partial charge >= 0.3 is 0 Å². The zero-order valence-electron chi connectivity index (χ0n) is 17.6. The van der Waals surface area contributed by atoms with Crippen molar-refractivity contribution in [3.63, 3.8) is 0 Å². The van der Waals surface area contributed by atoms with E-state index in [4.69, 9.17) is 0 Å². The van der Waals surface area contributed by atoms with E-state index in [0.29, 0.717) is 13.0 Å². The lowest BCUT2D eigenvalue weighted by Crippen LogP contribution is -2.52. The van der Waals surface area contributed by atoms with Gasteiger partial charge in [-0.2, -0.15) is 0 Å². The maximum Gasteiger partial charge on any atom is 0.237 e. The SMILES string of the molecule is CN(CC(=O)N(C1CCCCC1)[C@H]1CCS(=O)(=O)C1)[C@@H]1CCCc2ccccc21. The van der Waals surface area contributed by atoms with E-state index in [1.54, 1.807) is 0 Å². The van der Waals surface area contributed by atoms with Gasteiger partial charge in [-0.1, -0.05) is 43.5 Å². The minimum absolute atomic E-state index is 0.115. The molecular weight excluding hydrogens is 384 g/mol. The summed E-state index contributed by atoms with van der Waals surface area (Å²) >= 11 is 0. The topological polar surface area (TPSA) is 57.7 Å². The van der Waals surface area contributed by atoms with Crippen LogP contribution in [0.2, 0.25) is 0 Å². The molecule has 29 heavy (non-hydrogen) atoms. The second-order valence-electron chi connectivity index (χ2n) is 9.17. The van der Waals surface area contributed by atoms with E-state index < -0.39 is 9.84 Å². The van der Waals surface area contributed by atoms with E-state index in [0.717, 1.165) is 44.9 Å². The lowest BCUT2D eigenvalue weighted by atomic mass is 9.87. The van der Waals surface area contributed by atoms with Gasteiger partial charge < -0.3 is 4.90 Å². The number of fused-ring (bicyclic) bond motifs is 1. The molecule has 5 nitrogen and oxygen atoms in total. The zero-order valence-corrected chi connectivity index (χ0v) is 18.4. The highest BCUT2D eigenvalue weighted by molar-refractivity contribution is 7.91. The Bertz CT molecular complexity index is 832. The van der Waals surface area contributed by atoms with E-state index in [9.17, 15) is 13.2 Å². The van der Waals surface area contributed by atoms with Gasteiger partial charge in [0.2, 0.25) is 5.91 Å². The van der Waals surface area contributed by atoms with Crippen LogP contribution in [0.5, 0.6) is 0 Å². The fourth-order valence-corrected chi connectivity index (χ4v) is 7.36. The number of sulfone groups is 1. The molecular formula is C23H34N2O3S. The average Bonchev–Trinajstić information content (AvgIpc) is 3.07. The summed E-state index contributed by atoms with van der Waals surface area (Å²) in [6.45, 7) is 0.367. The summed E-state index contributed by atoms with van der Waals surface area (Å²) in [5.74, 6) is 0.482. The zero-order chi connectivity index (χ0) is 20.4. The molecule has 0 aromatic heterocycles. The average molecular weight is 419 g/mol. The van der Waals surface area contributed by atoms with E-state index in [1.165, 1.54) is 17.5 Å². The Morgan fingerprint density at radius 3 is 2.48 bits per heavy atom. The molecule has 0 bridgehead atoms. The van der Waals surface area contributed by atoms with Gasteiger partial charge in [0.15, 0.2) is 9.84 Å². The van der Waals surface area contributed by atoms with Crippen molar-refractivity contribution in [2.45, 2.75) is 75.9 Å². The molecule has 1 aromatic carbocycles. The molecule has 3 aliphatic rings. The summed E-state index contributed by atoms with van der Waals surface area (Å²) in [5, 5.41) is 0. The molecule has 1 aromatic rings. The quantitative estimate of drug-likeness (QED) is 0.736. The predicted molar refractivity (Wildman–Crippen MR) is 116 cm³/mol. The number of carbonyl (C=O) groups excluding carboxylic acids is 1. The summed E-state index contributed by atoms with van der Waals surface area (Å²) in [7, 11) is -0.958.